The second-order valence-corrected chi connectivity index (χ2v) is 5.52. The predicted molar refractivity (Wildman–Crippen MR) is 84.7 cm³/mol. The fourth-order valence-corrected chi connectivity index (χ4v) is 2.17. The minimum atomic E-state index is 0.346. The van der Waals surface area contributed by atoms with Crippen LogP contribution in [0.5, 0.6) is 0 Å². The summed E-state index contributed by atoms with van der Waals surface area (Å²) < 4.78 is 0. The summed E-state index contributed by atoms with van der Waals surface area (Å²) in [5.74, 6) is 1.47. The summed E-state index contributed by atoms with van der Waals surface area (Å²) in [4.78, 5) is 8.93. The van der Waals surface area contributed by atoms with Gasteiger partial charge < -0.3 is 10.6 Å². The lowest BCUT2D eigenvalue weighted by atomic mass is 10.1. The van der Waals surface area contributed by atoms with Crippen molar-refractivity contribution in [3.05, 3.63) is 41.1 Å². The molecule has 0 aliphatic heterocycles. The number of hydrogen-bond donors (Lipinski definition) is 2. The Kier molecular flexibility index (Phi) is 4.23. The normalized spacial score (nSPS) is 10.7. The van der Waals surface area contributed by atoms with Gasteiger partial charge in [-0.25, -0.2) is 4.98 Å². The molecule has 0 saturated heterocycles. The second-order valence-electron chi connectivity index (χ2n) is 5.52. The van der Waals surface area contributed by atoms with E-state index in [0.29, 0.717) is 12.0 Å². The van der Waals surface area contributed by atoms with Crippen LogP contribution in [0.1, 0.15) is 30.7 Å². The molecule has 0 aliphatic rings. The number of anilines is 3. The third-order valence-electron chi connectivity index (χ3n) is 2.77. The molecule has 1 heterocycles. The van der Waals surface area contributed by atoms with E-state index in [4.69, 9.17) is 0 Å². The number of aromatic nitrogens is 2. The molecule has 0 saturated carbocycles. The van der Waals surface area contributed by atoms with E-state index in [1.54, 1.807) is 0 Å². The van der Waals surface area contributed by atoms with Gasteiger partial charge in [0.2, 0.25) is 5.95 Å². The quantitative estimate of drug-likeness (QED) is 0.882. The summed E-state index contributed by atoms with van der Waals surface area (Å²) in [7, 11) is 0. The average molecular weight is 270 g/mol. The van der Waals surface area contributed by atoms with Gasteiger partial charge in [-0.3, -0.25) is 0 Å². The Morgan fingerprint density at radius 3 is 2.15 bits per heavy atom. The van der Waals surface area contributed by atoms with Crippen molar-refractivity contribution in [2.75, 3.05) is 10.6 Å². The van der Waals surface area contributed by atoms with Crippen LogP contribution in [0, 0.1) is 20.8 Å². The fourth-order valence-electron chi connectivity index (χ4n) is 2.17. The Morgan fingerprint density at radius 2 is 1.55 bits per heavy atom. The molecule has 0 bridgehead atoms. The van der Waals surface area contributed by atoms with E-state index in [-0.39, 0.29) is 0 Å². The Labute approximate surface area is 120 Å². The van der Waals surface area contributed by atoms with Crippen molar-refractivity contribution in [3.8, 4) is 0 Å². The maximum atomic E-state index is 4.50. The minimum absolute atomic E-state index is 0.346. The van der Waals surface area contributed by atoms with Crippen LogP contribution in [0.25, 0.3) is 0 Å². The van der Waals surface area contributed by atoms with Crippen molar-refractivity contribution >= 4 is 17.5 Å². The number of aryl methyl sites for hydroxylation is 3. The van der Waals surface area contributed by atoms with Gasteiger partial charge in [0.05, 0.1) is 0 Å². The van der Waals surface area contributed by atoms with E-state index < -0.39 is 0 Å². The van der Waals surface area contributed by atoms with Crippen LogP contribution in [-0.2, 0) is 0 Å². The molecule has 106 valence electrons. The fraction of sp³-hybridized carbons (Fsp3) is 0.375. The lowest BCUT2D eigenvalue weighted by Crippen LogP contribution is -2.12. The summed E-state index contributed by atoms with van der Waals surface area (Å²) >= 11 is 0. The monoisotopic (exact) mass is 270 g/mol. The summed E-state index contributed by atoms with van der Waals surface area (Å²) in [5.41, 5.74) is 4.40. The van der Waals surface area contributed by atoms with Crippen molar-refractivity contribution in [2.45, 2.75) is 40.7 Å². The maximum Gasteiger partial charge on any atom is 0.229 e. The van der Waals surface area contributed by atoms with Crippen molar-refractivity contribution in [1.29, 1.82) is 0 Å². The van der Waals surface area contributed by atoms with E-state index in [1.165, 1.54) is 11.1 Å². The second kappa shape index (κ2) is 5.90. The van der Waals surface area contributed by atoms with Crippen molar-refractivity contribution < 1.29 is 0 Å². The molecule has 0 fully saturated rings. The van der Waals surface area contributed by atoms with E-state index in [1.807, 2.05) is 13.0 Å². The van der Waals surface area contributed by atoms with Crippen molar-refractivity contribution in [2.24, 2.45) is 0 Å². The molecule has 0 amide bonds. The zero-order valence-electron chi connectivity index (χ0n) is 12.8. The smallest absolute Gasteiger partial charge is 0.229 e. The summed E-state index contributed by atoms with van der Waals surface area (Å²) in [6.07, 6.45) is 0. The van der Waals surface area contributed by atoms with Gasteiger partial charge in [0.15, 0.2) is 0 Å². The number of hydrogen-bond acceptors (Lipinski definition) is 4. The molecular formula is C16H22N4. The Bertz CT molecular complexity index is 585. The largest absolute Gasteiger partial charge is 0.368 e. The summed E-state index contributed by atoms with van der Waals surface area (Å²) in [5, 5.41) is 6.58. The van der Waals surface area contributed by atoms with Crippen LogP contribution in [0.15, 0.2) is 24.3 Å². The van der Waals surface area contributed by atoms with Gasteiger partial charge in [0, 0.05) is 23.5 Å². The molecular weight excluding hydrogens is 248 g/mol. The van der Waals surface area contributed by atoms with E-state index in [2.05, 4.69) is 66.5 Å². The van der Waals surface area contributed by atoms with Crippen LogP contribution in [0.4, 0.5) is 17.5 Å². The molecule has 4 heteroatoms. The molecule has 20 heavy (non-hydrogen) atoms. The SMILES string of the molecule is Cc1cc(C)cc(Nc2nc(C)cc(NC(C)C)n2)c1. The highest BCUT2D eigenvalue weighted by Crippen LogP contribution is 2.19. The third kappa shape index (κ3) is 3.95. The van der Waals surface area contributed by atoms with Crippen LogP contribution in [-0.4, -0.2) is 16.0 Å². The van der Waals surface area contributed by atoms with E-state index in [0.717, 1.165) is 17.2 Å². The Hall–Kier alpha value is -2.10. The standard InChI is InChI=1S/C16H22N4/c1-10(2)17-15-9-13(5)18-16(20-15)19-14-7-11(3)6-12(4)8-14/h6-10H,1-5H3,(H2,17,18,19,20). The zero-order chi connectivity index (χ0) is 14.7. The molecule has 1 aromatic heterocycles. The first kappa shape index (κ1) is 14.3. The first-order valence-electron chi connectivity index (χ1n) is 6.90. The molecule has 0 radical (unpaired) electrons. The zero-order valence-corrected chi connectivity index (χ0v) is 12.8. The van der Waals surface area contributed by atoms with Crippen molar-refractivity contribution in [1.82, 2.24) is 9.97 Å². The topological polar surface area (TPSA) is 49.8 Å². The molecule has 0 aliphatic carbocycles. The molecule has 2 aromatic rings. The highest BCUT2D eigenvalue weighted by Gasteiger charge is 2.04. The number of nitrogens with zero attached hydrogens (tertiary/aromatic N) is 2. The number of rotatable bonds is 4. The Balaban J connectivity index is 2.26. The molecule has 1 aromatic carbocycles. The van der Waals surface area contributed by atoms with Crippen LogP contribution < -0.4 is 10.6 Å². The molecule has 2 N–H and O–H groups in total. The van der Waals surface area contributed by atoms with Crippen molar-refractivity contribution in [3.63, 3.8) is 0 Å². The van der Waals surface area contributed by atoms with Gasteiger partial charge in [-0.2, -0.15) is 4.98 Å². The van der Waals surface area contributed by atoms with Gasteiger partial charge in [-0.05, 0) is 57.9 Å². The maximum absolute atomic E-state index is 4.50. The van der Waals surface area contributed by atoms with Crippen LogP contribution >= 0.6 is 0 Å². The number of nitrogens with one attached hydrogen (secondary N) is 2. The third-order valence-corrected chi connectivity index (χ3v) is 2.77. The van der Waals surface area contributed by atoms with Crippen LogP contribution in [0.2, 0.25) is 0 Å². The minimum Gasteiger partial charge on any atom is -0.368 e. The highest BCUT2D eigenvalue weighted by atomic mass is 15.1. The van der Waals surface area contributed by atoms with Gasteiger partial charge in [-0.1, -0.05) is 6.07 Å². The molecule has 0 unspecified atom stereocenters. The molecule has 0 spiro atoms. The summed E-state index contributed by atoms with van der Waals surface area (Å²) in [6.45, 7) is 10.3. The van der Waals surface area contributed by atoms with Gasteiger partial charge in [0.1, 0.15) is 5.82 Å². The first-order chi connectivity index (χ1) is 9.42. The molecule has 0 atom stereocenters. The van der Waals surface area contributed by atoms with Gasteiger partial charge in [-0.15, -0.1) is 0 Å². The highest BCUT2D eigenvalue weighted by molar-refractivity contribution is 5.57. The first-order valence-corrected chi connectivity index (χ1v) is 6.90. The van der Waals surface area contributed by atoms with E-state index in [9.17, 15) is 0 Å². The van der Waals surface area contributed by atoms with Crippen LogP contribution in [0.3, 0.4) is 0 Å². The molecule has 2 rings (SSSR count). The van der Waals surface area contributed by atoms with Gasteiger partial charge >= 0.3 is 0 Å². The lowest BCUT2D eigenvalue weighted by molar-refractivity contribution is 0.885. The predicted octanol–water partition coefficient (Wildman–Crippen LogP) is 3.97. The van der Waals surface area contributed by atoms with E-state index >= 15 is 0 Å². The van der Waals surface area contributed by atoms with Gasteiger partial charge in [0.25, 0.3) is 0 Å². The molecule has 4 nitrogen and oxygen atoms in total. The lowest BCUT2D eigenvalue weighted by Gasteiger charge is -2.12. The summed E-state index contributed by atoms with van der Waals surface area (Å²) in [6, 6.07) is 8.63. The average Bonchev–Trinajstić information content (AvgIpc) is 2.24. The Morgan fingerprint density at radius 1 is 0.900 bits per heavy atom. The number of benzene rings is 1.